The number of nitrogens with one attached hydrogen (secondary N) is 1. The Morgan fingerprint density at radius 1 is 1.21 bits per heavy atom. The molecule has 0 radical (unpaired) electrons. The van der Waals surface area contributed by atoms with Crippen molar-refractivity contribution in [3.63, 3.8) is 0 Å². The van der Waals surface area contributed by atoms with Gasteiger partial charge in [0.25, 0.3) is 5.69 Å². The zero-order chi connectivity index (χ0) is 23.8. The topological polar surface area (TPSA) is 95.6 Å². The van der Waals surface area contributed by atoms with Gasteiger partial charge >= 0.3 is 0 Å². The van der Waals surface area contributed by atoms with Gasteiger partial charge in [-0.2, -0.15) is 0 Å². The van der Waals surface area contributed by atoms with Crippen LogP contribution in [-0.2, 0) is 6.54 Å². The first-order valence-corrected chi connectivity index (χ1v) is 12.6. The van der Waals surface area contributed by atoms with Crippen LogP contribution in [0.2, 0.25) is 0 Å². The molecule has 3 aliphatic rings. The minimum atomic E-state index is -0.344. The van der Waals surface area contributed by atoms with Crippen molar-refractivity contribution in [2.75, 3.05) is 13.2 Å². The van der Waals surface area contributed by atoms with Crippen LogP contribution in [0.25, 0.3) is 0 Å². The maximum atomic E-state index is 11.1. The summed E-state index contributed by atoms with van der Waals surface area (Å²) in [7, 11) is 0. The quantitative estimate of drug-likeness (QED) is 0.310. The molecule has 6 heteroatoms. The van der Waals surface area contributed by atoms with Crippen molar-refractivity contribution in [3.05, 3.63) is 52.1 Å². The van der Waals surface area contributed by atoms with Gasteiger partial charge in [0.15, 0.2) is 0 Å². The van der Waals surface area contributed by atoms with Crippen molar-refractivity contribution >= 4 is 5.69 Å². The van der Waals surface area contributed by atoms with E-state index in [9.17, 15) is 20.3 Å². The van der Waals surface area contributed by atoms with Gasteiger partial charge in [-0.25, -0.2) is 0 Å². The summed E-state index contributed by atoms with van der Waals surface area (Å²) in [6.07, 6.45) is 6.68. The smallest absolute Gasteiger partial charge is 0.269 e. The zero-order valence-electron chi connectivity index (χ0n) is 20.1. The summed E-state index contributed by atoms with van der Waals surface area (Å²) in [6, 6.07) is 6.87. The first kappa shape index (κ1) is 24.4. The van der Waals surface area contributed by atoms with Gasteiger partial charge in [-0.15, -0.1) is 0 Å². The molecule has 7 atom stereocenters. The van der Waals surface area contributed by atoms with Gasteiger partial charge in [-0.3, -0.25) is 10.1 Å². The molecule has 4 rings (SSSR count). The molecule has 7 unspecified atom stereocenters. The molecule has 0 aliphatic heterocycles. The van der Waals surface area contributed by atoms with E-state index in [1.165, 1.54) is 11.6 Å². The van der Waals surface area contributed by atoms with E-state index in [0.717, 1.165) is 50.6 Å². The van der Waals surface area contributed by atoms with Crippen LogP contribution in [-0.4, -0.2) is 34.4 Å². The summed E-state index contributed by atoms with van der Waals surface area (Å²) in [4.78, 5) is 10.8. The third-order valence-corrected chi connectivity index (χ3v) is 9.79. The number of aliphatic hydroxyl groups excluding tert-OH is 2. The van der Waals surface area contributed by atoms with Crippen LogP contribution in [0.3, 0.4) is 0 Å². The SMILES string of the molecule is C=C1CCC2C(CNCc3cccc([N+](=O)[O-])c3)C(C3(C)CCC(O)CC3CO)CCC12C. The Bertz CT molecular complexity index is 889. The number of allylic oxidation sites excluding steroid dienone is 1. The highest BCUT2D eigenvalue weighted by Crippen LogP contribution is 2.63. The third-order valence-electron chi connectivity index (χ3n) is 9.79. The molecule has 3 fully saturated rings. The Hall–Kier alpha value is -1.76. The lowest BCUT2D eigenvalue weighted by Gasteiger charge is -2.56. The Labute approximate surface area is 197 Å². The van der Waals surface area contributed by atoms with E-state index in [1.54, 1.807) is 12.1 Å². The lowest BCUT2D eigenvalue weighted by atomic mass is 9.49. The van der Waals surface area contributed by atoms with Crippen molar-refractivity contribution in [2.45, 2.75) is 71.4 Å². The molecule has 0 saturated heterocycles. The van der Waals surface area contributed by atoms with Gasteiger partial charge in [0, 0.05) is 25.3 Å². The molecular formula is C27H40N2O4. The van der Waals surface area contributed by atoms with Gasteiger partial charge < -0.3 is 15.5 Å². The molecule has 0 bridgehead atoms. The molecule has 0 heterocycles. The summed E-state index contributed by atoms with van der Waals surface area (Å²) in [5.41, 5.74) is 2.63. The summed E-state index contributed by atoms with van der Waals surface area (Å²) in [5, 5.41) is 35.3. The molecule has 0 spiro atoms. The van der Waals surface area contributed by atoms with Crippen molar-refractivity contribution in [1.29, 1.82) is 0 Å². The van der Waals surface area contributed by atoms with Gasteiger partial charge in [0.2, 0.25) is 0 Å². The average Bonchev–Trinajstić information content (AvgIpc) is 3.10. The fourth-order valence-electron chi connectivity index (χ4n) is 7.63. The lowest BCUT2D eigenvalue weighted by molar-refractivity contribution is -0.384. The highest BCUT2D eigenvalue weighted by Gasteiger charge is 2.56. The summed E-state index contributed by atoms with van der Waals surface area (Å²) in [6.45, 7) is 10.8. The molecule has 3 aliphatic carbocycles. The Kier molecular flexibility index (Phi) is 7.00. The molecular weight excluding hydrogens is 416 g/mol. The number of fused-ring (bicyclic) bond motifs is 1. The summed E-state index contributed by atoms with van der Waals surface area (Å²) >= 11 is 0. The first-order chi connectivity index (χ1) is 15.7. The van der Waals surface area contributed by atoms with Crippen molar-refractivity contribution in [2.24, 2.45) is 34.5 Å². The van der Waals surface area contributed by atoms with E-state index < -0.39 is 0 Å². The van der Waals surface area contributed by atoms with Crippen LogP contribution < -0.4 is 5.32 Å². The number of hydrogen-bond donors (Lipinski definition) is 3. The Morgan fingerprint density at radius 3 is 2.73 bits per heavy atom. The molecule has 33 heavy (non-hydrogen) atoms. The maximum absolute atomic E-state index is 11.1. The van der Waals surface area contributed by atoms with E-state index in [1.807, 2.05) is 6.07 Å². The number of hydrogen-bond acceptors (Lipinski definition) is 5. The van der Waals surface area contributed by atoms with Crippen LogP contribution in [0.5, 0.6) is 0 Å². The molecule has 6 nitrogen and oxygen atoms in total. The lowest BCUT2D eigenvalue weighted by Crippen LogP contribution is -2.53. The second-order valence-corrected chi connectivity index (χ2v) is 11.3. The number of aliphatic hydroxyl groups is 2. The van der Waals surface area contributed by atoms with Crippen LogP contribution >= 0.6 is 0 Å². The normalized spacial score (nSPS) is 38.8. The Balaban J connectivity index is 1.55. The number of non-ortho nitro benzene ring substituents is 1. The van der Waals surface area contributed by atoms with Crippen molar-refractivity contribution < 1.29 is 15.1 Å². The average molecular weight is 457 g/mol. The van der Waals surface area contributed by atoms with Crippen molar-refractivity contribution in [3.8, 4) is 0 Å². The fourth-order valence-corrected chi connectivity index (χ4v) is 7.63. The Morgan fingerprint density at radius 2 is 2.00 bits per heavy atom. The number of rotatable bonds is 7. The second-order valence-electron chi connectivity index (χ2n) is 11.3. The van der Waals surface area contributed by atoms with Crippen molar-refractivity contribution in [1.82, 2.24) is 5.32 Å². The number of nitrogens with zero attached hydrogens (tertiary/aromatic N) is 1. The summed E-state index contributed by atoms with van der Waals surface area (Å²) < 4.78 is 0. The molecule has 0 amide bonds. The van der Waals surface area contributed by atoms with Crippen LogP contribution in [0.15, 0.2) is 36.4 Å². The summed E-state index contributed by atoms with van der Waals surface area (Å²) in [5.74, 6) is 1.61. The van der Waals surface area contributed by atoms with E-state index in [2.05, 4.69) is 25.7 Å². The van der Waals surface area contributed by atoms with E-state index in [0.29, 0.717) is 30.7 Å². The largest absolute Gasteiger partial charge is 0.396 e. The minimum absolute atomic E-state index is 0.0110. The standard InChI is InChI=1S/C27H40N2O4/c1-18-7-8-24-23(16-28-15-19-5-4-6-21(13-19)29(32)33)25(10-12-26(18,24)2)27(3)11-9-22(31)14-20(27)17-30/h4-6,13,20,22-25,28,30-31H,1,7-12,14-17H2,2-3H3. The molecule has 0 aromatic heterocycles. The molecule has 182 valence electrons. The fraction of sp³-hybridized carbons (Fsp3) is 0.704. The van der Waals surface area contributed by atoms with Crippen LogP contribution in [0, 0.1) is 44.6 Å². The van der Waals surface area contributed by atoms with Gasteiger partial charge in [0.1, 0.15) is 0 Å². The predicted octanol–water partition coefficient (Wildman–Crippen LogP) is 4.84. The van der Waals surface area contributed by atoms with Crippen LogP contribution in [0.1, 0.15) is 64.4 Å². The van der Waals surface area contributed by atoms with E-state index in [4.69, 9.17) is 0 Å². The van der Waals surface area contributed by atoms with E-state index >= 15 is 0 Å². The molecule has 1 aromatic rings. The highest BCUT2D eigenvalue weighted by atomic mass is 16.6. The maximum Gasteiger partial charge on any atom is 0.269 e. The van der Waals surface area contributed by atoms with Gasteiger partial charge in [-0.05, 0) is 91.6 Å². The molecule has 3 saturated carbocycles. The number of nitro benzene ring substituents is 1. The number of benzene rings is 1. The molecule has 1 aromatic carbocycles. The minimum Gasteiger partial charge on any atom is -0.396 e. The second kappa shape index (κ2) is 9.47. The first-order valence-electron chi connectivity index (χ1n) is 12.6. The molecule has 3 N–H and O–H groups in total. The van der Waals surface area contributed by atoms with E-state index in [-0.39, 0.29) is 40.1 Å². The monoisotopic (exact) mass is 456 g/mol. The number of nitro groups is 1. The van der Waals surface area contributed by atoms with Gasteiger partial charge in [-0.1, -0.05) is 38.1 Å². The van der Waals surface area contributed by atoms with Gasteiger partial charge in [0.05, 0.1) is 11.0 Å². The highest BCUT2D eigenvalue weighted by molar-refractivity contribution is 5.34. The zero-order valence-corrected chi connectivity index (χ0v) is 20.1. The predicted molar refractivity (Wildman–Crippen MR) is 130 cm³/mol. The van der Waals surface area contributed by atoms with Crippen LogP contribution in [0.4, 0.5) is 5.69 Å². The third kappa shape index (κ3) is 4.50.